The van der Waals surface area contributed by atoms with E-state index in [0.29, 0.717) is 29.4 Å². The second-order valence-electron chi connectivity index (χ2n) is 9.67. The maximum atomic E-state index is 14.0. The van der Waals surface area contributed by atoms with E-state index >= 15 is 0 Å². The highest BCUT2D eigenvalue weighted by Gasteiger charge is 2.42. The third-order valence-electron chi connectivity index (χ3n) is 7.64. The number of allylic oxidation sites excluding steroid dienone is 6. The number of hydrogen-bond acceptors (Lipinski definition) is 4. The topological polar surface area (TPSA) is 55.6 Å². The van der Waals surface area contributed by atoms with Crippen molar-refractivity contribution in [1.29, 1.82) is 0 Å². The van der Waals surface area contributed by atoms with Gasteiger partial charge in [-0.15, -0.1) is 0 Å². The van der Waals surface area contributed by atoms with E-state index in [-0.39, 0.29) is 6.10 Å². The van der Waals surface area contributed by atoms with E-state index in [1.807, 2.05) is 30.3 Å². The van der Waals surface area contributed by atoms with Gasteiger partial charge in [0, 0.05) is 28.9 Å². The molecule has 1 fully saturated rings. The van der Waals surface area contributed by atoms with Gasteiger partial charge in [0.15, 0.2) is 0 Å². The fourth-order valence-electron chi connectivity index (χ4n) is 5.99. The fraction of sp³-hybridized carbons (Fsp3) is 0.429. The molecule has 3 heterocycles. The summed E-state index contributed by atoms with van der Waals surface area (Å²) in [6.07, 6.45) is 13.8. The third-order valence-corrected chi connectivity index (χ3v) is 7.64. The Morgan fingerprint density at radius 3 is 2.30 bits per heavy atom. The Balaban J connectivity index is 1.56. The summed E-state index contributed by atoms with van der Waals surface area (Å²) in [5.41, 5.74) is 7.96. The molecule has 0 unspecified atom stereocenters. The Morgan fingerprint density at radius 2 is 1.58 bits per heavy atom. The summed E-state index contributed by atoms with van der Waals surface area (Å²) in [5.74, 6) is 0. The maximum absolute atomic E-state index is 14.0. The molecule has 1 atom stereocenters. The van der Waals surface area contributed by atoms with Gasteiger partial charge in [-0.25, -0.2) is 0 Å². The van der Waals surface area contributed by atoms with Gasteiger partial charge in [0.25, 0.3) is 11.4 Å². The number of ether oxygens (including phenoxy) is 1. The largest absolute Gasteiger partial charge is 0.754 e. The number of nitrogens with zero attached hydrogens (tertiary/aromatic N) is 2. The smallest absolute Gasteiger partial charge is 0.289 e. The van der Waals surface area contributed by atoms with Crippen LogP contribution in [0.25, 0.3) is 5.70 Å². The van der Waals surface area contributed by atoms with Crippen LogP contribution in [-0.4, -0.2) is 22.5 Å². The van der Waals surface area contributed by atoms with Crippen LogP contribution in [0.4, 0.5) is 0 Å². The van der Waals surface area contributed by atoms with Gasteiger partial charge in [-0.05, 0) is 99.1 Å². The zero-order chi connectivity index (χ0) is 22.4. The predicted octanol–water partition coefficient (Wildman–Crippen LogP) is 6.65. The number of nitroso groups, excluding NO2 is 1. The molecule has 0 spiro atoms. The molecular formula is C28H30N2O3. The van der Waals surface area contributed by atoms with Crippen LogP contribution in [0.1, 0.15) is 69.8 Å². The van der Waals surface area contributed by atoms with Crippen molar-refractivity contribution in [2.75, 3.05) is 6.61 Å². The molecule has 170 valence electrons. The van der Waals surface area contributed by atoms with Crippen LogP contribution < -0.4 is 0 Å². The van der Waals surface area contributed by atoms with E-state index in [9.17, 15) is 10.1 Å². The lowest BCUT2D eigenvalue weighted by Gasteiger charge is -2.43. The van der Waals surface area contributed by atoms with E-state index in [0.717, 1.165) is 90.7 Å². The molecule has 2 aliphatic carbocycles. The minimum Gasteiger partial charge on any atom is -0.754 e. The standard InChI is InChI=1S/C28H30N2O3/c31-29-24(19-9-2-1-3-10-19)17-20-11-4-6-13-22(20)27(29)28-23-14-7-5-12-21(23)18-25(30(28)32)26-15-8-16-33-26/h1-3,9-10,17-18,26H,4-8,11-16H2/t26-/m1/s1. The van der Waals surface area contributed by atoms with Crippen molar-refractivity contribution < 1.29 is 9.50 Å². The van der Waals surface area contributed by atoms with Gasteiger partial charge < -0.3 is 15.0 Å². The summed E-state index contributed by atoms with van der Waals surface area (Å²) >= 11 is 0. The fourth-order valence-corrected chi connectivity index (χ4v) is 5.99. The highest BCUT2D eigenvalue weighted by atomic mass is 16.5. The molecule has 5 aliphatic rings. The van der Waals surface area contributed by atoms with Gasteiger partial charge >= 0.3 is 0 Å². The summed E-state index contributed by atoms with van der Waals surface area (Å²) in [7, 11) is 0. The van der Waals surface area contributed by atoms with Gasteiger partial charge in [-0.1, -0.05) is 18.2 Å². The van der Waals surface area contributed by atoms with Gasteiger partial charge in [0.05, 0.1) is 16.4 Å². The second-order valence-corrected chi connectivity index (χ2v) is 9.67. The monoisotopic (exact) mass is 442 g/mol. The van der Waals surface area contributed by atoms with Crippen molar-refractivity contribution in [3.05, 3.63) is 97.5 Å². The molecule has 3 aliphatic heterocycles. The van der Waals surface area contributed by atoms with Gasteiger partial charge in [-0.3, -0.25) is 0 Å². The zero-order valence-electron chi connectivity index (χ0n) is 19.0. The van der Waals surface area contributed by atoms with Crippen molar-refractivity contribution in [3.63, 3.8) is 0 Å². The lowest BCUT2D eigenvalue weighted by atomic mass is 9.81. The molecule has 6 rings (SSSR count). The summed E-state index contributed by atoms with van der Waals surface area (Å²) in [5, 5.41) is 15.1. The highest BCUT2D eigenvalue weighted by molar-refractivity contribution is 5.67. The molecule has 0 aromatic heterocycles. The molecule has 5 heteroatoms. The highest BCUT2D eigenvalue weighted by Crippen LogP contribution is 2.47. The van der Waals surface area contributed by atoms with Crippen molar-refractivity contribution >= 4 is 5.70 Å². The normalized spacial score (nSPS) is 28.0. The Hall–Kier alpha value is -2.76. The summed E-state index contributed by atoms with van der Waals surface area (Å²) in [6, 6.07) is 9.84. The van der Waals surface area contributed by atoms with Crippen LogP contribution in [0, 0.1) is 10.1 Å². The first kappa shape index (κ1) is 20.8. The minimum absolute atomic E-state index is 0.179. The van der Waals surface area contributed by atoms with E-state index in [2.05, 4.69) is 12.2 Å². The van der Waals surface area contributed by atoms with E-state index in [1.165, 1.54) is 11.1 Å². The minimum atomic E-state index is -0.179. The molecular weight excluding hydrogens is 412 g/mol. The van der Waals surface area contributed by atoms with Crippen LogP contribution in [0.15, 0.2) is 81.9 Å². The van der Waals surface area contributed by atoms with Gasteiger partial charge in [0.2, 0.25) is 0 Å². The molecule has 0 amide bonds. The van der Waals surface area contributed by atoms with Gasteiger partial charge in [0.1, 0.15) is 5.70 Å². The lowest BCUT2D eigenvalue weighted by Crippen LogP contribution is -2.33. The van der Waals surface area contributed by atoms with Crippen molar-refractivity contribution in [3.8, 4) is 0 Å². The summed E-state index contributed by atoms with van der Waals surface area (Å²) in [6.45, 7) is 0.692. The lowest BCUT2D eigenvalue weighted by molar-refractivity contribution is -0.397. The summed E-state index contributed by atoms with van der Waals surface area (Å²) < 4.78 is 6.98. The molecule has 1 aromatic carbocycles. The molecule has 1 saturated heterocycles. The Labute approximate surface area is 195 Å². The SMILES string of the molecule is O=[N+]1C(c2ccccc2)=CC2=C(CCCC2)C1=C1C2=C(C=C([C@H]3CCCO3)N1[O-])CCCC2. The number of hydroxylamine groups is 2. The second kappa shape index (κ2) is 8.54. The van der Waals surface area contributed by atoms with Gasteiger partial charge in [-0.2, -0.15) is 0 Å². The maximum Gasteiger partial charge on any atom is 0.289 e. The first-order chi connectivity index (χ1) is 16.2. The van der Waals surface area contributed by atoms with E-state index in [1.54, 1.807) is 0 Å². The quantitative estimate of drug-likeness (QED) is 0.481. The molecule has 33 heavy (non-hydrogen) atoms. The molecule has 0 N–H and O–H groups in total. The molecule has 1 aromatic rings. The van der Waals surface area contributed by atoms with Crippen molar-refractivity contribution in [1.82, 2.24) is 5.06 Å². The third kappa shape index (κ3) is 3.54. The Bertz CT molecular complexity index is 1150. The van der Waals surface area contributed by atoms with Crippen molar-refractivity contribution in [2.45, 2.75) is 70.3 Å². The molecule has 5 nitrogen and oxygen atoms in total. The average molecular weight is 443 g/mol. The Morgan fingerprint density at radius 1 is 0.879 bits per heavy atom. The average Bonchev–Trinajstić information content (AvgIpc) is 3.39. The molecule has 0 bridgehead atoms. The van der Waals surface area contributed by atoms with Crippen molar-refractivity contribution in [2.24, 2.45) is 0 Å². The zero-order valence-corrected chi connectivity index (χ0v) is 19.0. The van der Waals surface area contributed by atoms with Crippen LogP contribution in [0.2, 0.25) is 0 Å². The van der Waals surface area contributed by atoms with Crippen LogP contribution in [0.5, 0.6) is 0 Å². The van der Waals surface area contributed by atoms with E-state index in [4.69, 9.17) is 4.74 Å². The van der Waals surface area contributed by atoms with Crippen LogP contribution in [0.3, 0.4) is 0 Å². The summed E-state index contributed by atoms with van der Waals surface area (Å²) in [4.78, 5) is 14.0. The number of rotatable bonds is 2. The first-order valence-electron chi connectivity index (χ1n) is 12.5. The van der Waals surface area contributed by atoms with E-state index < -0.39 is 0 Å². The molecule has 0 radical (unpaired) electrons. The van der Waals surface area contributed by atoms with Crippen LogP contribution >= 0.6 is 0 Å². The molecule has 0 saturated carbocycles. The van der Waals surface area contributed by atoms with Crippen LogP contribution in [-0.2, 0) is 4.74 Å². The number of benzene rings is 1. The Kier molecular flexibility index (Phi) is 5.39. The number of hydrogen-bond donors (Lipinski definition) is 0. The first-order valence-corrected chi connectivity index (χ1v) is 12.5. The predicted molar refractivity (Wildman–Crippen MR) is 128 cm³/mol.